The van der Waals surface area contributed by atoms with Gasteiger partial charge >= 0.3 is 0 Å². The molecule has 0 aliphatic rings. The Bertz CT molecular complexity index is 565. The van der Waals surface area contributed by atoms with E-state index in [0.717, 1.165) is 5.56 Å². The third-order valence-corrected chi connectivity index (χ3v) is 3.03. The van der Waals surface area contributed by atoms with Gasteiger partial charge in [0.25, 0.3) is 5.56 Å². The van der Waals surface area contributed by atoms with Crippen molar-refractivity contribution in [1.29, 1.82) is 0 Å². The predicted octanol–water partition coefficient (Wildman–Crippen LogP) is 2.15. The van der Waals surface area contributed by atoms with Gasteiger partial charge in [-0.05, 0) is 24.0 Å². The van der Waals surface area contributed by atoms with E-state index in [2.05, 4.69) is 4.98 Å². The van der Waals surface area contributed by atoms with E-state index in [-0.39, 0.29) is 11.4 Å². The van der Waals surface area contributed by atoms with Crippen LogP contribution < -0.4 is 5.56 Å². The van der Waals surface area contributed by atoms with E-state index in [1.54, 1.807) is 16.7 Å². The monoisotopic (exact) mass is 250 g/mol. The number of benzene rings is 1. The Morgan fingerprint density at radius 1 is 1.29 bits per heavy atom. The Morgan fingerprint density at radius 3 is 2.65 bits per heavy atom. The van der Waals surface area contributed by atoms with Crippen LogP contribution in [0.15, 0.2) is 46.5 Å². The van der Waals surface area contributed by atoms with E-state index in [1.807, 2.05) is 6.26 Å². The highest BCUT2D eigenvalue weighted by molar-refractivity contribution is 7.98. The molecule has 2 rings (SSSR count). The Hall–Kier alpha value is -1.62. The molecule has 0 amide bonds. The van der Waals surface area contributed by atoms with E-state index in [4.69, 9.17) is 0 Å². The number of nitrogens with zero attached hydrogens (tertiary/aromatic N) is 2. The summed E-state index contributed by atoms with van der Waals surface area (Å²) >= 11 is 1.41. The van der Waals surface area contributed by atoms with Gasteiger partial charge in [0.2, 0.25) is 0 Å². The molecular formula is C12H11FN2OS. The van der Waals surface area contributed by atoms with Gasteiger partial charge in [-0.2, -0.15) is 0 Å². The van der Waals surface area contributed by atoms with Crippen LogP contribution in [-0.4, -0.2) is 15.8 Å². The molecule has 0 fully saturated rings. The van der Waals surface area contributed by atoms with Gasteiger partial charge in [0.15, 0.2) is 5.16 Å². The van der Waals surface area contributed by atoms with Crippen molar-refractivity contribution in [3.8, 4) is 0 Å². The Kier molecular flexibility index (Phi) is 3.58. The SMILES string of the molecule is CSc1nccc(=O)n1Cc1ccc(F)cc1. The van der Waals surface area contributed by atoms with Crippen molar-refractivity contribution < 1.29 is 4.39 Å². The van der Waals surface area contributed by atoms with Gasteiger partial charge in [-0.15, -0.1) is 0 Å². The van der Waals surface area contributed by atoms with Crippen LogP contribution in [0.2, 0.25) is 0 Å². The summed E-state index contributed by atoms with van der Waals surface area (Å²) in [5, 5.41) is 0.654. The summed E-state index contributed by atoms with van der Waals surface area (Å²) in [6.07, 6.45) is 3.36. The Morgan fingerprint density at radius 2 is 2.00 bits per heavy atom. The maximum atomic E-state index is 12.8. The van der Waals surface area contributed by atoms with Gasteiger partial charge in [0, 0.05) is 12.3 Å². The molecular weight excluding hydrogens is 239 g/mol. The summed E-state index contributed by atoms with van der Waals surface area (Å²) in [7, 11) is 0. The second-order valence-electron chi connectivity index (χ2n) is 3.48. The molecule has 0 saturated heterocycles. The molecule has 0 aliphatic carbocycles. The van der Waals surface area contributed by atoms with Crippen LogP contribution in [0.3, 0.4) is 0 Å². The van der Waals surface area contributed by atoms with Gasteiger partial charge in [-0.25, -0.2) is 9.37 Å². The van der Waals surface area contributed by atoms with Crippen LogP contribution in [0.25, 0.3) is 0 Å². The fourth-order valence-corrected chi connectivity index (χ4v) is 2.04. The highest BCUT2D eigenvalue weighted by Gasteiger charge is 2.04. The lowest BCUT2D eigenvalue weighted by atomic mass is 10.2. The fourth-order valence-electron chi connectivity index (χ4n) is 1.50. The van der Waals surface area contributed by atoms with Crippen molar-refractivity contribution in [1.82, 2.24) is 9.55 Å². The fraction of sp³-hybridized carbons (Fsp3) is 0.167. The second-order valence-corrected chi connectivity index (χ2v) is 4.26. The zero-order chi connectivity index (χ0) is 12.3. The molecule has 0 bridgehead atoms. The first-order valence-corrected chi connectivity index (χ1v) is 6.27. The quantitative estimate of drug-likeness (QED) is 0.618. The molecule has 5 heteroatoms. The first kappa shape index (κ1) is 11.9. The molecule has 1 aromatic carbocycles. The van der Waals surface area contributed by atoms with Gasteiger partial charge in [0.05, 0.1) is 6.54 Å². The van der Waals surface area contributed by atoms with Crippen molar-refractivity contribution in [2.24, 2.45) is 0 Å². The number of halogens is 1. The Labute approximate surface area is 102 Å². The number of aromatic nitrogens is 2. The summed E-state index contributed by atoms with van der Waals surface area (Å²) in [5.74, 6) is -0.280. The van der Waals surface area contributed by atoms with Crippen LogP contribution in [0.5, 0.6) is 0 Å². The highest BCUT2D eigenvalue weighted by Crippen LogP contribution is 2.11. The molecule has 2 aromatic rings. The molecule has 0 spiro atoms. The molecule has 1 heterocycles. The highest BCUT2D eigenvalue weighted by atomic mass is 32.2. The smallest absolute Gasteiger partial charge is 0.254 e. The number of hydrogen-bond acceptors (Lipinski definition) is 3. The minimum Gasteiger partial charge on any atom is -0.283 e. The zero-order valence-corrected chi connectivity index (χ0v) is 10.1. The summed E-state index contributed by atoms with van der Waals surface area (Å²) in [5.41, 5.74) is 0.769. The van der Waals surface area contributed by atoms with E-state index >= 15 is 0 Å². The normalized spacial score (nSPS) is 10.5. The topological polar surface area (TPSA) is 34.9 Å². The van der Waals surface area contributed by atoms with Crippen molar-refractivity contribution in [2.75, 3.05) is 6.26 Å². The number of rotatable bonds is 3. The van der Waals surface area contributed by atoms with Crippen LogP contribution >= 0.6 is 11.8 Å². The maximum Gasteiger partial charge on any atom is 0.254 e. The molecule has 0 N–H and O–H groups in total. The van der Waals surface area contributed by atoms with Crippen molar-refractivity contribution >= 4 is 11.8 Å². The average molecular weight is 250 g/mol. The van der Waals surface area contributed by atoms with E-state index in [9.17, 15) is 9.18 Å². The van der Waals surface area contributed by atoms with Crippen molar-refractivity contribution in [3.05, 3.63) is 58.3 Å². The first-order valence-electron chi connectivity index (χ1n) is 5.05. The molecule has 0 radical (unpaired) electrons. The lowest BCUT2D eigenvalue weighted by molar-refractivity contribution is 0.621. The van der Waals surface area contributed by atoms with Gasteiger partial charge < -0.3 is 0 Å². The van der Waals surface area contributed by atoms with E-state index in [0.29, 0.717) is 11.7 Å². The molecule has 3 nitrogen and oxygen atoms in total. The minimum atomic E-state index is -0.280. The molecule has 17 heavy (non-hydrogen) atoms. The molecule has 0 saturated carbocycles. The lowest BCUT2D eigenvalue weighted by Gasteiger charge is -2.09. The zero-order valence-electron chi connectivity index (χ0n) is 9.26. The molecule has 1 aromatic heterocycles. The third kappa shape index (κ3) is 2.74. The number of thioether (sulfide) groups is 1. The standard InChI is InChI=1S/C12H11FN2OS/c1-17-12-14-7-6-11(16)15(12)8-9-2-4-10(13)5-3-9/h2-7H,8H2,1H3. The second kappa shape index (κ2) is 5.14. The largest absolute Gasteiger partial charge is 0.283 e. The van der Waals surface area contributed by atoms with Crippen LogP contribution in [0.1, 0.15) is 5.56 Å². The molecule has 0 atom stereocenters. The summed E-state index contributed by atoms with van der Waals surface area (Å²) in [6.45, 7) is 0.406. The maximum absolute atomic E-state index is 12.8. The summed E-state index contributed by atoms with van der Waals surface area (Å²) < 4.78 is 14.3. The molecule has 0 unspecified atom stereocenters. The average Bonchev–Trinajstić information content (AvgIpc) is 2.34. The lowest BCUT2D eigenvalue weighted by Crippen LogP contribution is -2.22. The third-order valence-electron chi connectivity index (χ3n) is 2.34. The van der Waals surface area contributed by atoms with Crippen molar-refractivity contribution in [2.45, 2.75) is 11.7 Å². The van der Waals surface area contributed by atoms with Gasteiger partial charge in [-0.3, -0.25) is 9.36 Å². The van der Waals surface area contributed by atoms with Gasteiger partial charge in [-0.1, -0.05) is 23.9 Å². The van der Waals surface area contributed by atoms with Crippen molar-refractivity contribution in [3.63, 3.8) is 0 Å². The van der Waals surface area contributed by atoms with Gasteiger partial charge in [0.1, 0.15) is 5.82 Å². The van der Waals surface area contributed by atoms with Crippen LogP contribution in [0.4, 0.5) is 4.39 Å². The summed E-state index contributed by atoms with van der Waals surface area (Å²) in [6, 6.07) is 7.52. The minimum absolute atomic E-state index is 0.103. The van der Waals surface area contributed by atoms with E-state index < -0.39 is 0 Å². The molecule has 0 aliphatic heterocycles. The number of hydrogen-bond donors (Lipinski definition) is 0. The first-order chi connectivity index (χ1) is 8.20. The predicted molar refractivity (Wildman–Crippen MR) is 65.8 cm³/mol. The van der Waals surface area contributed by atoms with Crippen LogP contribution in [0, 0.1) is 5.82 Å². The van der Waals surface area contributed by atoms with Crippen LogP contribution in [-0.2, 0) is 6.54 Å². The molecule has 88 valence electrons. The summed E-state index contributed by atoms with van der Waals surface area (Å²) in [4.78, 5) is 15.8. The van der Waals surface area contributed by atoms with E-state index in [1.165, 1.54) is 36.2 Å². The Balaban J connectivity index is 2.35.